The topological polar surface area (TPSA) is 425 Å². The van der Waals surface area contributed by atoms with Gasteiger partial charge in [-0.1, -0.05) is 90.0 Å². The lowest BCUT2D eigenvalue weighted by atomic mass is 10.00. The van der Waals surface area contributed by atoms with Crippen LogP contribution in [0, 0.1) is 5.92 Å². The minimum Gasteiger partial charge on any atom is -0.508 e. The quantitative estimate of drug-likeness (QED) is 0.0334. The third kappa shape index (κ3) is 19.9. The van der Waals surface area contributed by atoms with Gasteiger partial charge in [0.25, 0.3) is 0 Å². The number of fused-ring (bicyclic) bond motifs is 1. The van der Waals surface area contributed by atoms with Gasteiger partial charge >= 0.3 is 0 Å². The smallest absolute Gasteiger partial charge is 0.244 e. The monoisotopic (exact) mass is 1220 g/mol. The van der Waals surface area contributed by atoms with Crippen LogP contribution < -0.4 is 59.7 Å². The van der Waals surface area contributed by atoms with Crippen molar-refractivity contribution in [2.24, 2.45) is 23.1 Å². The van der Waals surface area contributed by atoms with Crippen LogP contribution >= 0.6 is 21.6 Å². The Morgan fingerprint density at radius 3 is 1.77 bits per heavy atom. The second-order valence-corrected chi connectivity index (χ2v) is 23.9. The summed E-state index contributed by atoms with van der Waals surface area (Å²) in [6.07, 6.45) is 0.427. The number of carbonyl (C=O) groups is 9. The molecule has 9 amide bonds. The minimum atomic E-state index is -1.61. The number of phenols is 3. The number of benzene rings is 4. The van der Waals surface area contributed by atoms with E-state index in [0.29, 0.717) is 40.5 Å². The lowest BCUT2D eigenvalue weighted by Crippen LogP contribution is -2.62. The Hall–Kier alpha value is -8.37. The van der Waals surface area contributed by atoms with E-state index >= 15 is 9.59 Å². The number of primary amides is 1. The molecular weight excluding hydrogens is 1150 g/mol. The summed E-state index contributed by atoms with van der Waals surface area (Å²) in [6, 6.07) is 11.8. The van der Waals surface area contributed by atoms with Gasteiger partial charge < -0.3 is 85.1 Å². The Balaban J connectivity index is 1.43. The zero-order valence-corrected chi connectivity index (χ0v) is 49.4. The number of nitrogens with two attached hydrogens (primary N) is 3. The Morgan fingerprint density at radius 2 is 1.17 bits per heavy atom. The molecule has 1 aliphatic heterocycles. The highest BCUT2D eigenvalue weighted by Crippen LogP contribution is 2.25. The highest BCUT2D eigenvalue weighted by molar-refractivity contribution is 8.76. The molecule has 2 heterocycles. The Bertz CT molecular complexity index is 3150. The van der Waals surface area contributed by atoms with Crippen LogP contribution in [0.1, 0.15) is 62.3 Å². The van der Waals surface area contributed by atoms with Crippen LogP contribution in [-0.2, 0) is 68.8 Å². The molecule has 0 unspecified atom stereocenters. The minimum absolute atomic E-state index is 0.00282. The fourth-order valence-electron chi connectivity index (χ4n) is 9.32. The number of amides is 9. The molecule has 4 aromatic carbocycles. The summed E-state index contributed by atoms with van der Waals surface area (Å²) in [5, 5.41) is 62.7. The number of aromatic hydroxyl groups is 3. The van der Waals surface area contributed by atoms with Crippen molar-refractivity contribution in [1.29, 1.82) is 0 Å². The zero-order chi connectivity index (χ0) is 62.6. The largest absolute Gasteiger partial charge is 0.508 e. The van der Waals surface area contributed by atoms with Gasteiger partial charge in [-0.05, 0) is 110 Å². The molecule has 1 aromatic heterocycles. The molecule has 10 atom stereocenters. The summed E-state index contributed by atoms with van der Waals surface area (Å²) in [6.45, 7) is 4.73. The first-order valence-electron chi connectivity index (χ1n) is 28.0. The van der Waals surface area contributed by atoms with Crippen LogP contribution in [0.15, 0.2) is 103 Å². The van der Waals surface area contributed by atoms with E-state index in [9.17, 15) is 54.0 Å². The molecule has 1 saturated heterocycles. The first kappa shape index (κ1) is 66.8. The lowest BCUT2D eigenvalue weighted by Gasteiger charge is -2.30. The van der Waals surface area contributed by atoms with Crippen molar-refractivity contribution >= 4 is 85.7 Å². The van der Waals surface area contributed by atoms with E-state index in [2.05, 4.69) is 47.5 Å². The Morgan fingerprint density at radius 1 is 0.628 bits per heavy atom. The number of unbranched alkanes of at least 4 members (excludes halogenated alkanes) is 1. The van der Waals surface area contributed by atoms with Crippen molar-refractivity contribution in [3.8, 4) is 17.2 Å². The van der Waals surface area contributed by atoms with Crippen LogP contribution in [0.3, 0.4) is 0 Å². The number of phenolic OH excluding ortho intramolecular Hbond substituents is 3. The van der Waals surface area contributed by atoms with Gasteiger partial charge in [-0.3, -0.25) is 43.2 Å². The van der Waals surface area contributed by atoms with Gasteiger partial charge in [-0.15, -0.1) is 0 Å². The van der Waals surface area contributed by atoms with Gasteiger partial charge in [0.2, 0.25) is 53.2 Å². The number of aromatic amines is 1. The van der Waals surface area contributed by atoms with Gasteiger partial charge in [0, 0.05) is 47.9 Å². The zero-order valence-electron chi connectivity index (χ0n) is 47.7. The molecule has 5 aromatic rings. The normalized spacial score (nSPS) is 20.8. The van der Waals surface area contributed by atoms with Crippen LogP contribution in [0.4, 0.5) is 0 Å². The molecule has 25 nitrogen and oxygen atoms in total. The molecule has 27 heteroatoms. The van der Waals surface area contributed by atoms with Gasteiger partial charge in [-0.25, -0.2) is 0 Å². The summed E-state index contributed by atoms with van der Waals surface area (Å²) in [4.78, 5) is 132. The van der Waals surface area contributed by atoms with Gasteiger partial charge in [-0.2, -0.15) is 0 Å². The van der Waals surface area contributed by atoms with E-state index < -0.39 is 120 Å². The van der Waals surface area contributed by atoms with Crippen molar-refractivity contribution in [2.75, 3.05) is 18.1 Å². The van der Waals surface area contributed by atoms with E-state index in [0.717, 1.165) is 27.1 Å². The maximum atomic E-state index is 15.1. The van der Waals surface area contributed by atoms with Crippen LogP contribution in [0.5, 0.6) is 17.2 Å². The average Bonchev–Trinajstić information content (AvgIpc) is 3.72. The van der Waals surface area contributed by atoms with E-state index in [1.165, 1.54) is 67.6 Å². The molecule has 86 heavy (non-hydrogen) atoms. The Kier molecular flexibility index (Phi) is 25.0. The molecule has 462 valence electrons. The highest BCUT2D eigenvalue weighted by Gasteiger charge is 2.37. The lowest BCUT2D eigenvalue weighted by molar-refractivity contribution is -0.136. The number of nitrogens with one attached hydrogen (secondary N) is 9. The first-order valence-corrected chi connectivity index (χ1v) is 30.5. The fraction of sp³-hybridized carbons (Fsp3) is 0.407. The fourth-order valence-corrected chi connectivity index (χ4v) is 11.7. The van der Waals surface area contributed by atoms with E-state index in [-0.39, 0.29) is 67.4 Å². The molecule has 0 bridgehead atoms. The first-order chi connectivity index (χ1) is 41.0. The second kappa shape index (κ2) is 32.2. The van der Waals surface area contributed by atoms with Crippen LogP contribution in [-0.4, -0.2) is 157 Å². The summed E-state index contributed by atoms with van der Waals surface area (Å²) in [7, 11) is 1.86. The molecule has 1 fully saturated rings. The predicted octanol–water partition coefficient (Wildman–Crippen LogP) is -0.193. The van der Waals surface area contributed by atoms with Crippen molar-refractivity contribution in [3.63, 3.8) is 0 Å². The van der Waals surface area contributed by atoms with Crippen molar-refractivity contribution in [2.45, 2.75) is 126 Å². The van der Waals surface area contributed by atoms with Gasteiger partial charge in [0.15, 0.2) is 0 Å². The third-order valence-electron chi connectivity index (χ3n) is 14.2. The third-order valence-corrected chi connectivity index (χ3v) is 16.6. The number of para-hydroxylation sites is 1. The number of carbonyl (C=O) groups excluding carboxylic acids is 9. The summed E-state index contributed by atoms with van der Waals surface area (Å²) in [5.41, 5.74) is 20.6. The van der Waals surface area contributed by atoms with Crippen LogP contribution in [0.2, 0.25) is 0 Å². The molecule has 1 aliphatic rings. The molecule has 0 aliphatic carbocycles. The SMILES string of the molecule is CC(C)[C@@H]1NC(=O)[C@H](CCCCN)NC(=O)[C@@H](Cc2c[nH]c3ccccc23)NC(=O)[C@H](Cc2ccc(O)cc2)NC(=O)[C@@H](NC(=O)[C@@H](Cc2ccc(O)cc2)NC(=O)[C@@H](N)Cc2ccc(O)cc2)CSSC[C@@H](C(=O)N[C@H](C(N)=O)[C@@H](C)O)NC1=O. The summed E-state index contributed by atoms with van der Waals surface area (Å²) >= 11 is 0. The number of aliphatic hydroxyl groups excluding tert-OH is 1. The van der Waals surface area contributed by atoms with Gasteiger partial charge in [0.05, 0.1) is 12.1 Å². The molecular formula is C59H76N12O13S2. The van der Waals surface area contributed by atoms with Gasteiger partial charge in [0.1, 0.15) is 65.6 Å². The summed E-state index contributed by atoms with van der Waals surface area (Å²) < 4.78 is 0. The maximum absolute atomic E-state index is 15.1. The summed E-state index contributed by atoms with van der Waals surface area (Å²) in [5.74, 6) is -9.48. The van der Waals surface area contributed by atoms with E-state index in [1.54, 1.807) is 38.2 Å². The number of rotatable bonds is 21. The van der Waals surface area contributed by atoms with Crippen molar-refractivity contribution in [3.05, 3.63) is 126 Å². The number of aliphatic hydroxyl groups is 1. The molecule has 0 radical (unpaired) electrons. The standard InChI is InChI=1S/C59H76N12O13S2/c1-31(2)49-59(84)69-48(58(83)71-50(32(3)72)51(62)76)30-86-85-29-47(68-55(80)44(25-34-13-19-38(74)20-14-34)65-52(77)41(61)24-33-11-17-37(73)18-12-33)57(82)66-45(26-35-15-21-39(75)22-16-35)54(79)67-46(27-36-28-63-42-9-5-4-8-40(36)42)56(81)64-43(53(78)70-49)10-6-7-23-60/h4-5,8-9,11-22,28,31-32,41,43-50,63,72-75H,6-7,10,23-27,29-30,60-61H2,1-3H3,(H2,62,76)(H,64,81)(H,65,77)(H,66,82)(H,67,79)(H,68,80)(H,69,84)(H,70,78)(H,71,83)/t32-,41+,43+,44-,45+,46-,47+,48+,49+,50+/m1/s1. The maximum Gasteiger partial charge on any atom is 0.244 e. The highest BCUT2D eigenvalue weighted by atomic mass is 33.1. The van der Waals surface area contributed by atoms with Crippen molar-refractivity contribution < 1.29 is 63.6 Å². The molecule has 0 saturated carbocycles. The van der Waals surface area contributed by atoms with Crippen molar-refractivity contribution in [1.82, 2.24) is 47.5 Å². The van der Waals surface area contributed by atoms with E-state index in [4.69, 9.17) is 17.2 Å². The molecule has 19 N–H and O–H groups in total. The van der Waals surface area contributed by atoms with Crippen LogP contribution in [0.25, 0.3) is 10.9 Å². The molecule has 6 rings (SSSR count). The number of hydrogen-bond donors (Lipinski definition) is 16. The average molecular weight is 1230 g/mol. The Labute approximate surface area is 504 Å². The number of aromatic nitrogens is 1. The van der Waals surface area contributed by atoms with E-state index in [1.807, 2.05) is 18.2 Å². The number of hydrogen-bond acceptors (Lipinski definition) is 17. The predicted molar refractivity (Wildman–Crippen MR) is 324 cm³/mol. The molecule has 0 spiro atoms. The second-order valence-electron chi connectivity index (χ2n) is 21.4. The number of H-pyrrole nitrogens is 1.